The number of nitriles is 1. The van der Waals surface area contributed by atoms with E-state index in [9.17, 15) is 8.42 Å². The fourth-order valence-electron chi connectivity index (χ4n) is 2.19. The van der Waals surface area contributed by atoms with Crippen LogP contribution in [0.15, 0.2) is 29.2 Å². The van der Waals surface area contributed by atoms with Crippen LogP contribution in [0.2, 0.25) is 0 Å². The van der Waals surface area contributed by atoms with Gasteiger partial charge in [0.05, 0.1) is 17.4 Å². The number of hydrogen-bond donors (Lipinski definition) is 1. The quantitative estimate of drug-likeness (QED) is 0.897. The molecule has 0 unspecified atom stereocenters. The van der Waals surface area contributed by atoms with Crippen molar-refractivity contribution in [3.8, 4) is 6.07 Å². The van der Waals surface area contributed by atoms with Gasteiger partial charge in [-0.3, -0.25) is 0 Å². The van der Waals surface area contributed by atoms with Gasteiger partial charge in [-0.05, 0) is 36.0 Å². The highest BCUT2D eigenvalue weighted by atomic mass is 32.2. The Morgan fingerprint density at radius 1 is 1.32 bits per heavy atom. The van der Waals surface area contributed by atoms with E-state index >= 15 is 0 Å². The van der Waals surface area contributed by atoms with Gasteiger partial charge in [0.2, 0.25) is 10.0 Å². The van der Waals surface area contributed by atoms with Crippen molar-refractivity contribution in [2.24, 2.45) is 5.41 Å². The molecule has 1 aromatic carbocycles. The number of hydrogen-bond acceptors (Lipinski definition) is 3. The van der Waals surface area contributed by atoms with E-state index in [1.165, 1.54) is 6.42 Å². The number of nitrogens with zero attached hydrogens (tertiary/aromatic N) is 1. The maximum absolute atomic E-state index is 12.1. The van der Waals surface area contributed by atoms with Gasteiger partial charge in [-0.1, -0.05) is 25.5 Å². The molecule has 1 aliphatic rings. The Kier molecular flexibility index (Phi) is 3.93. The second-order valence-electron chi connectivity index (χ2n) is 5.47. The molecule has 0 spiro atoms. The molecule has 1 aliphatic carbocycles. The standard InChI is InChI=1S/C14H18N2O2S/c1-14(8-2-9-14)11-16-19(17,18)13-5-3-12(4-6-13)7-10-15/h3-6,16H,2,7-9,11H2,1H3. The van der Waals surface area contributed by atoms with Crippen molar-refractivity contribution in [1.29, 1.82) is 5.26 Å². The summed E-state index contributed by atoms with van der Waals surface area (Å²) in [7, 11) is -3.43. The SMILES string of the molecule is CC1(CNS(=O)(=O)c2ccc(CC#N)cc2)CCC1. The van der Waals surface area contributed by atoms with Gasteiger partial charge in [-0.2, -0.15) is 5.26 Å². The lowest BCUT2D eigenvalue weighted by atomic mass is 9.71. The van der Waals surface area contributed by atoms with E-state index in [-0.39, 0.29) is 10.3 Å². The Morgan fingerprint density at radius 3 is 2.42 bits per heavy atom. The molecule has 19 heavy (non-hydrogen) atoms. The number of benzene rings is 1. The van der Waals surface area contributed by atoms with Crippen LogP contribution in [-0.4, -0.2) is 15.0 Å². The molecule has 0 bridgehead atoms. The average molecular weight is 278 g/mol. The molecule has 1 saturated carbocycles. The zero-order chi connectivity index (χ0) is 13.9. The monoisotopic (exact) mass is 278 g/mol. The zero-order valence-corrected chi connectivity index (χ0v) is 11.8. The van der Waals surface area contributed by atoms with E-state index in [1.807, 2.05) is 6.07 Å². The highest BCUT2D eigenvalue weighted by molar-refractivity contribution is 7.89. The first kappa shape index (κ1) is 14.0. The number of rotatable bonds is 5. The second kappa shape index (κ2) is 5.32. The molecule has 0 saturated heterocycles. The van der Waals surface area contributed by atoms with Gasteiger partial charge in [0.15, 0.2) is 0 Å². The summed E-state index contributed by atoms with van der Waals surface area (Å²) < 4.78 is 26.9. The topological polar surface area (TPSA) is 70.0 Å². The van der Waals surface area contributed by atoms with Gasteiger partial charge in [-0.25, -0.2) is 13.1 Å². The van der Waals surface area contributed by atoms with E-state index < -0.39 is 10.0 Å². The molecule has 0 aliphatic heterocycles. The first-order valence-corrected chi connectivity index (χ1v) is 7.89. The van der Waals surface area contributed by atoms with Crippen LogP contribution in [0.25, 0.3) is 0 Å². The third-order valence-corrected chi connectivity index (χ3v) is 5.18. The normalized spacial score (nSPS) is 17.5. The van der Waals surface area contributed by atoms with Crippen LogP contribution in [0.1, 0.15) is 31.7 Å². The van der Waals surface area contributed by atoms with Crippen LogP contribution in [0.5, 0.6) is 0 Å². The largest absolute Gasteiger partial charge is 0.240 e. The molecule has 0 heterocycles. The van der Waals surface area contributed by atoms with E-state index in [4.69, 9.17) is 5.26 Å². The van der Waals surface area contributed by atoms with Gasteiger partial charge < -0.3 is 0 Å². The first-order valence-electron chi connectivity index (χ1n) is 6.41. The fraction of sp³-hybridized carbons (Fsp3) is 0.500. The Labute approximate surface area is 114 Å². The molecule has 102 valence electrons. The molecule has 1 N–H and O–H groups in total. The van der Waals surface area contributed by atoms with Crippen LogP contribution < -0.4 is 4.72 Å². The third kappa shape index (κ3) is 3.34. The maximum atomic E-state index is 12.1. The zero-order valence-electron chi connectivity index (χ0n) is 11.0. The Morgan fingerprint density at radius 2 is 1.95 bits per heavy atom. The summed E-state index contributed by atoms with van der Waals surface area (Å²) in [5.74, 6) is 0. The van der Waals surface area contributed by atoms with Crippen LogP contribution in [-0.2, 0) is 16.4 Å². The molecule has 1 fully saturated rings. The Hall–Kier alpha value is -1.38. The molecular formula is C14H18N2O2S. The lowest BCUT2D eigenvalue weighted by Gasteiger charge is -2.38. The lowest BCUT2D eigenvalue weighted by molar-refractivity contribution is 0.166. The van der Waals surface area contributed by atoms with E-state index in [2.05, 4.69) is 11.6 Å². The lowest BCUT2D eigenvalue weighted by Crippen LogP contribution is -2.39. The van der Waals surface area contributed by atoms with Crippen molar-refractivity contribution in [2.45, 2.75) is 37.5 Å². The predicted octanol–water partition coefficient (Wildman–Crippen LogP) is 2.22. The molecule has 0 amide bonds. The van der Waals surface area contributed by atoms with Crippen LogP contribution in [0.3, 0.4) is 0 Å². The summed E-state index contributed by atoms with van der Waals surface area (Å²) in [5.41, 5.74) is 0.945. The molecular weight excluding hydrogens is 260 g/mol. The van der Waals surface area contributed by atoms with E-state index in [1.54, 1.807) is 24.3 Å². The third-order valence-electron chi connectivity index (χ3n) is 3.77. The summed E-state index contributed by atoms with van der Waals surface area (Å²) in [5, 5.41) is 8.58. The molecule has 0 atom stereocenters. The van der Waals surface area contributed by atoms with E-state index in [0.29, 0.717) is 13.0 Å². The minimum absolute atomic E-state index is 0.119. The smallest absolute Gasteiger partial charge is 0.211 e. The summed E-state index contributed by atoms with van der Waals surface area (Å²) in [6.07, 6.45) is 3.64. The van der Waals surface area contributed by atoms with Gasteiger partial charge in [0.25, 0.3) is 0 Å². The highest BCUT2D eigenvalue weighted by Crippen LogP contribution is 2.39. The Balaban J connectivity index is 2.04. The van der Waals surface area contributed by atoms with E-state index in [0.717, 1.165) is 18.4 Å². The van der Waals surface area contributed by atoms with Crippen molar-refractivity contribution in [3.05, 3.63) is 29.8 Å². The van der Waals surface area contributed by atoms with Crippen molar-refractivity contribution >= 4 is 10.0 Å². The summed E-state index contributed by atoms with van der Waals surface area (Å²) in [4.78, 5) is 0.261. The predicted molar refractivity (Wildman–Crippen MR) is 72.9 cm³/mol. The summed E-state index contributed by atoms with van der Waals surface area (Å²) >= 11 is 0. The molecule has 5 heteroatoms. The van der Waals surface area contributed by atoms with Crippen molar-refractivity contribution < 1.29 is 8.42 Å². The molecule has 2 rings (SSSR count). The van der Waals surface area contributed by atoms with Gasteiger partial charge >= 0.3 is 0 Å². The Bertz CT molecular complexity index is 581. The molecule has 4 nitrogen and oxygen atoms in total. The molecule has 0 radical (unpaired) electrons. The highest BCUT2D eigenvalue weighted by Gasteiger charge is 2.32. The maximum Gasteiger partial charge on any atom is 0.240 e. The second-order valence-corrected chi connectivity index (χ2v) is 7.23. The summed E-state index contributed by atoms with van der Waals surface area (Å²) in [6, 6.07) is 8.51. The molecule has 1 aromatic rings. The minimum Gasteiger partial charge on any atom is -0.211 e. The first-order chi connectivity index (χ1) is 8.95. The van der Waals surface area contributed by atoms with Gasteiger partial charge in [0.1, 0.15) is 0 Å². The van der Waals surface area contributed by atoms with Crippen LogP contribution in [0, 0.1) is 16.7 Å². The average Bonchev–Trinajstić information content (AvgIpc) is 2.35. The fourth-order valence-corrected chi connectivity index (χ4v) is 3.39. The number of nitrogens with one attached hydrogen (secondary N) is 1. The molecule has 0 aromatic heterocycles. The van der Waals surface area contributed by atoms with Crippen LogP contribution >= 0.6 is 0 Å². The van der Waals surface area contributed by atoms with Crippen molar-refractivity contribution in [1.82, 2.24) is 4.72 Å². The summed E-state index contributed by atoms with van der Waals surface area (Å²) in [6.45, 7) is 2.60. The van der Waals surface area contributed by atoms with Crippen molar-refractivity contribution in [2.75, 3.05) is 6.54 Å². The van der Waals surface area contributed by atoms with Gasteiger partial charge in [0, 0.05) is 6.54 Å². The van der Waals surface area contributed by atoms with Crippen LogP contribution in [0.4, 0.5) is 0 Å². The van der Waals surface area contributed by atoms with Crippen molar-refractivity contribution in [3.63, 3.8) is 0 Å². The number of sulfonamides is 1. The van der Waals surface area contributed by atoms with Gasteiger partial charge in [-0.15, -0.1) is 0 Å². The minimum atomic E-state index is -3.43.